The zero-order valence-corrected chi connectivity index (χ0v) is 21.6. The summed E-state index contributed by atoms with van der Waals surface area (Å²) in [5.41, 5.74) is -0.208. The van der Waals surface area contributed by atoms with Crippen LogP contribution in [0.1, 0.15) is 28.9 Å². The highest BCUT2D eigenvalue weighted by molar-refractivity contribution is 14.2. The number of carbonyl (C=O) groups excluding carboxylic acids is 1. The maximum Gasteiger partial charge on any atom is 0.417 e. The van der Waals surface area contributed by atoms with Crippen molar-refractivity contribution in [3.63, 3.8) is 0 Å². The number of hydrogen-bond acceptors (Lipinski definition) is 6. The Hall–Kier alpha value is -1.92. The average molecular weight is 623 g/mol. The molecule has 0 radical (unpaired) electrons. The van der Waals surface area contributed by atoms with Gasteiger partial charge in [-0.3, -0.25) is 0 Å². The van der Waals surface area contributed by atoms with Crippen molar-refractivity contribution in [2.24, 2.45) is 0 Å². The lowest BCUT2D eigenvalue weighted by Crippen LogP contribution is -2.45. The Morgan fingerprint density at radius 2 is 1.94 bits per heavy atom. The molecule has 1 fully saturated rings. The molecule has 2 aromatic carbocycles. The van der Waals surface area contributed by atoms with Crippen molar-refractivity contribution in [3.8, 4) is 11.1 Å². The summed E-state index contributed by atoms with van der Waals surface area (Å²) in [4.78, 5) is 18.5. The van der Waals surface area contributed by atoms with Gasteiger partial charge in [-0.25, -0.2) is 4.79 Å². The fraction of sp³-hybridized carbons (Fsp3) is 0.348. The molecule has 35 heavy (non-hydrogen) atoms. The first kappa shape index (κ1) is 26.2. The summed E-state index contributed by atoms with van der Waals surface area (Å²) in [7, 11) is 1.13. The number of nitrogens with zero attached hydrogens (tertiary/aromatic N) is 1. The maximum absolute atomic E-state index is 14.1. The van der Waals surface area contributed by atoms with E-state index in [1.165, 1.54) is 6.07 Å². The fourth-order valence-corrected chi connectivity index (χ4v) is 4.75. The average Bonchev–Trinajstić information content (AvgIpc) is 3.21. The number of esters is 1. The summed E-state index contributed by atoms with van der Waals surface area (Å²) >= 11 is 2.05. The van der Waals surface area contributed by atoms with Gasteiger partial charge in [0, 0.05) is 11.8 Å². The lowest BCUT2D eigenvalue weighted by Gasteiger charge is -2.33. The van der Waals surface area contributed by atoms with Gasteiger partial charge < -0.3 is 23.9 Å². The van der Waals surface area contributed by atoms with Gasteiger partial charge in [0.15, 0.2) is 5.69 Å². The number of halogens is 4. The highest BCUT2D eigenvalue weighted by Crippen LogP contribution is 2.39. The molecule has 1 aromatic heterocycles. The molecule has 4 atom stereocenters. The molecule has 4 unspecified atom stereocenters. The predicted octanol–water partition coefficient (Wildman–Crippen LogP) is 5.37. The number of carbonyl (C=O) groups is 1. The second kappa shape index (κ2) is 11.0. The first-order chi connectivity index (χ1) is 16.7. The van der Waals surface area contributed by atoms with Crippen molar-refractivity contribution in [2.75, 3.05) is 13.7 Å². The van der Waals surface area contributed by atoms with Crippen LogP contribution in [0.4, 0.5) is 13.2 Å². The Morgan fingerprint density at radius 1 is 1.20 bits per heavy atom. The number of rotatable bonds is 7. The molecular formula is C23H22F3INO6P. The van der Waals surface area contributed by atoms with Crippen molar-refractivity contribution in [3.05, 3.63) is 59.8 Å². The zero-order chi connectivity index (χ0) is 25.2. The molecule has 12 heteroatoms. The van der Waals surface area contributed by atoms with E-state index < -0.39 is 36.2 Å². The van der Waals surface area contributed by atoms with Crippen LogP contribution >= 0.6 is 28.5 Å². The minimum Gasteiger partial charge on any atom is -0.464 e. The lowest BCUT2D eigenvalue weighted by atomic mass is 10.00. The van der Waals surface area contributed by atoms with E-state index in [9.17, 15) is 23.1 Å². The SMILES string of the molecule is COC(=O)c1cc2c(C(F)(F)F)cc(-c3ccccc3)cc2n1OC1CCC(O)C(COPI)O1. The Bertz CT molecular complexity index is 1190. The minimum absolute atomic E-state index is 0.0374. The van der Waals surface area contributed by atoms with Crippen molar-refractivity contribution < 1.29 is 41.9 Å². The molecule has 0 amide bonds. The number of fused-ring (bicyclic) bond motifs is 1. The van der Waals surface area contributed by atoms with Gasteiger partial charge in [0.1, 0.15) is 6.10 Å². The Kier molecular flexibility index (Phi) is 8.22. The van der Waals surface area contributed by atoms with Crippen LogP contribution in [0.3, 0.4) is 0 Å². The van der Waals surface area contributed by atoms with E-state index in [4.69, 9.17) is 18.8 Å². The molecule has 0 saturated carbocycles. The Morgan fingerprint density at radius 3 is 2.60 bits per heavy atom. The van der Waals surface area contributed by atoms with Gasteiger partial charge >= 0.3 is 12.1 Å². The molecule has 3 aromatic rings. The summed E-state index contributed by atoms with van der Waals surface area (Å²) < 4.78 is 59.2. The van der Waals surface area contributed by atoms with Crippen molar-refractivity contribution in [1.82, 2.24) is 4.73 Å². The van der Waals surface area contributed by atoms with E-state index in [0.717, 1.165) is 24.0 Å². The molecule has 4 rings (SSSR count). The molecule has 0 aliphatic carbocycles. The molecule has 7 nitrogen and oxygen atoms in total. The van der Waals surface area contributed by atoms with E-state index in [0.29, 0.717) is 17.5 Å². The zero-order valence-electron chi connectivity index (χ0n) is 18.4. The first-order valence-electron chi connectivity index (χ1n) is 10.6. The second-order valence-electron chi connectivity index (χ2n) is 7.88. The normalized spacial score (nSPS) is 21.0. The molecule has 2 heterocycles. The topological polar surface area (TPSA) is 79.2 Å². The summed E-state index contributed by atoms with van der Waals surface area (Å²) in [5, 5.41) is 10.0. The van der Waals surface area contributed by atoms with Gasteiger partial charge in [0.05, 0.1) is 37.4 Å². The second-order valence-corrected chi connectivity index (χ2v) is 9.64. The van der Waals surface area contributed by atoms with Crippen molar-refractivity contribution in [2.45, 2.75) is 37.5 Å². The molecular weight excluding hydrogens is 601 g/mol. The molecule has 0 spiro atoms. The van der Waals surface area contributed by atoms with Crippen LogP contribution in [0.5, 0.6) is 0 Å². The third-order valence-corrected chi connectivity index (χ3v) is 6.87. The number of methoxy groups -OCH3 is 1. The molecule has 0 bridgehead atoms. The van der Waals surface area contributed by atoms with E-state index in [1.54, 1.807) is 30.3 Å². The van der Waals surface area contributed by atoms with E-state index in [1.807, 2.05) is 22.0 Å². The Balaban J connectivity index is 1.82. The van der Waals surface area contributed by atoms with Gasteiger partial charge in [0.25, 0.3) is 0 Å². The third kappa shape index (κ3) is 5.75. The van der Waals surface area contributed by atoms with Crippen LogP contribution in [-0.4, -0.2) is 48.0 Å². The van der Waals surface area contributed by atoms with E-state index >= 15 is 0 Å². The number of aliphatic hydroxyl groups is 1. The number of aliphatic hydroxyl groups excluding tert-OH is 1. The summed E-state index contributed by atoms with van der Waals surface area (Å²) in [5.74, 6) is -0.863. The van der Waals surface area contributed by atoms with Gasteiger partial charge in [-0.2, -0.15) is 17.9 Å². The summed E-state index contributed by atoms with van der Waals surface area (Å²) in [6, 6.07) is 12.3. The quantitative estimate of drug-likeness (QED) is 0.217. The monoisotopic (exact) mass is 623 g/mol. The van der Waals surface area contributed by atoms with Crippen LogP contribution in [-0.2, 0) is 20.2 Å². The van der Waals surface area contributed by atoms with Crippen LogP contribution in [0.25, 0.3) is 22.0 Å². The number of alkyl halides is 3. The smallest absolute Gasteiger partial charge is 0.417 e. The first-order valence-corrected chi connectivity index (χ1v) is 14.6. The van der Waals surface area contributed by atoms with Gasteiger partial charge in [0.2, 0.25) is 6.29 Å². The van der Waals surface area contributed by atoms with E-state index in [-0.39, 0.29) is 36.1 Å². The number of hydrogen-bond donors (Lipinski definition) is 1. The van der Waals surface area contributed by atoms with Crippen LogP contribution in [0, 0.1) is 0 Å². The molecule has 1 aliphatic rings. The predicted molar refractivity (Wildman–Crippen MR) is 132 cm³/mol. The van der Waals surface area contributed by atoms with Gasteiger partial charge in [-0.1, -0.05) is 30.3 Å². The highest BCUT2D eigenvalue weighted by atomic mass is 127. The third-order valence-electron chi connectivity index (χ3n) is 5.66. The number of aromatic nitrogens is 1. The van der Waals surface area contributed by atoms with E-state index in [2.05, 4.69) is 0 Å². The highest BCUT2D eigenvalue weighted by Gasteiger charge is 2.37. The Labute approximate surface area is 213 Å². The van der Waals surface area contributed by atoms with Crippen LogP contribution < -0.4 is 4.84 Å². The van der Waals surface area contributed by atoms with Gasteiger partial charge in [-0.05, 0) is 57.8 Å². The molecule has 1 aliphatic heterocycles. The molecule has 1 saturated heterocycles. The number of benzene rings is 2. The van der Waals surface area contributed by atoms with Gasteiger partial charge in [-0.15, -0.1) is 0 Å². The van der Waals surface area contributed by atoms with Crippen molar-refractivity contribution in [1.29, 1.82) is 0 Å². The van der Waals surface area contributed by atoms with Crippen molar-refractivity contribution >= 4 is 45.4 Å². The minimum atomic E-state index is -4.68. The standard InChI is InChI=1S/C23H22F3INO6P/c1-31-22(30)18-11-15-16(23(24,25)26)9-14(13-5-3-2-4-6-13)10-17(15)28(18)34-21-8-7-19(29)20(33-21)12-32-35-27/h2-6,9-11,19-21,29,35H,7-8,12H2,1H3. The fourth-order valence-electron chi connectivity index (χ4n) is 3.98. The molecule has 1 N–H and O–H groups in total. The summed E-state index contributed by atoms with van der Waals surface area (Å²) in [6.07, 6.45) is -6.47. The lowest BCUT2D eigenvalue weighted by molar-refractivity contribution is -0.226. The van der Waals surface area contributed by atoms with Crippen LogP contribution in [0.2, 0.25) is 0 Å². The van der Waals surface area contributed by atoms with Crippen LogP contribution in [0.15, 0.2) is 48.5 Å². The summed E-state index contributed by atoms with van der Waals surface area (Å²) in [6.45, 7) is 0.301. The largest absolute Gasteiger partial charge is 0.464 e. The molecule has 188 valence electrons. The number of ether oxygens (including phenoxy) is 2. The maximum atomic E-state index is 14.1.